The SMILES string of the molecule is Cc1cccc(-c2cc(Nc3cccc(C(=O)N[C@H]4CCCc5ccccc54)c3)ncn2)c1. The van der Waals surface area contributed by atoms with Crippen LogP contribution in [0.3, 0.4) is 0 Å². The summed E-state index contributed by atoms with van der Waals surface area (Å²) in [6.45, 7) is 2.06. The number of fused-ring (bicyclic) bond motifs is 1. The highest BCUT2D eigenvalue weighted by molar-refractivity contribution is 5.95. The summed E-state index contributed by atoms with van der Waals surface area (Å²) in [5, 5.41) is 6.54. The van der Waals surface area contributed by atoms with E-state index in [9.17, 15) is 4.79 Å². The molecule has 1 atom stereocenters. The summed E-state index contributed by atoms with van der Waals surface area (Å²) in [7, 11) is 0. The van der Waals surface area contributed by atoms with Crippen LogP contribution < -0.4 is 10.6 Å². The lowest BCUT2D eigenvalue weighted by Gasteiger charge is -2.26. The largest absolute Gasteiger partial charge is 0.345 e. The molecule has 1 aliphatic carbocycles. The second kappa shape index (κ2) is 9.25. The number of aromatic nitrogens is 2. The molecule has 164 valence electrons. The van der Waals surface area contributed by atoms with Gasteiger partial charge < -0.3 is 10.6 Å². The van der Waals surface area contributed by atoms with Gasteiger partial charge in [0, 0.05) is 22.9 Å². The molecule has 3 aromatic carbocycles. The van der Waals surface area contributed by atoms with Crippen molar-refractivity contribution in [2.24, 2.45) is 0 Å². The molecular weight excluding hydrogens is 408 g/mol. The van der Waals surface area contributed by atoms with E-state index in [4.69, 9.17) is 0 Å². The summed E-state index contributed by atoms with van der Waals surface area (Å²) in [5.74, 6) is 0.615. The van der Waals surface area contributed by atoms with Gasteiger partial charge in [-0.2, -0.15) is 0 Å². The Morgan fingerprint density at radius 1 is 0.939 bits per heavy atom. The van der Waals surface area contributed by atoms with Crippen LogP contribution in [0.1, 0.15) is 45.9 Å². The van der Waals surface area contributed by atoms with Crippen LogP contribution in [0.25, 0.3) is 11.3 Å². The highest BCUT2D eigenvalue weighted by atomic mass is 16.1. The molecule has 0 unspecified atom stereocenters. The highest BCUT2D eigenvalue weighted by Gasteiger charge is 2.22. The average molecular weight is 435 g/mol. The molecule has 1 aromatic heterocycles. The molecule has 1 aliphatic rings. The Balaban J connectivity index is 1.32. The van der Waals surface area contributed by atoms with Gasteiger partial charge in [0.25, 0.3) is 5.91 Å². The Hall–Kier alpha value is -3.99. The lowest BCUT2D eigenvalue weighted by Crippen LogP contribution is -2.31. The first-order valence-corrected chi connectivity index (χ1v) is 11.3. The Morgan fingerprint density at radius 3 is 2.73 bits per heavy atom. The third-order valence-electron chi connectivity index (χ3n) is 6.05. The van der Waals surface area contributed by atoms with E-state index < -0.39 is 0 Å². The molecule has 33 heavy (non-hydrogen) atoms. The number of aryl methyl sites for hydroxylation is 2. The van der Waals surface area contributed by atoms with Gasteiger partial charge in [-0.25, -0.2) is 9.97 Å². The molecule has 5 heteroatoms. The zero-order valence-electron chi connectivity index (χ0n) is 18.6. The maximum absolute atomic E-state index is 13.0. The van der Waals surface area contributed by atoms with Crippen LogP contribution >= 0.6 is 0 Å². The molecule has 1 amide bonds. The average Bonchev–Trinajstić information content (AvgIpc) is 2.85. The zero-order chi connectivity index (χ0) is 22.6. The van der Waals surface area contributed by atoms with E-state index in [0.717, 1.165) is 36.2 Å². The van der Waals surface area contributed by atoms with Crippen LogP contribution in [0.5, 0.6) is 0 Å². The number of amides is 1. The fourth-order valence-corrected chi connectivity index (χ4v) is 4.42. The van der Waals surface area contributed by atoms with Crippen molar-refractivity contribution in [3.8, 4) is 11.3 Å². The number of carbonyl (C=O) groups is 1. The summed E-state index contributed by atoms with van der Waals surface area (Å²) >= 11 is 0. The summed E-state index contributed by atoms with van der Waals surface area (Å²) in [6, 6.07) is 26.1. The fourth-order valence-electron chi connectivity index (χ4n) is 4.42. The van der Waals surface area contributed by atoms with Crippen molar-refractivity contribution in [3.63, 3.8) is 0 Å². The van der Waals surface area contributed by atoms with Crippen molar-refractivity contribution in [2.75, 3.05) is 5.32 Å². The van der Waals surface area contributed by atoms with Crippen molar-refractivity contribution in [1.29, 1.82) is 0 Å². The Bertz CT molecular complexity index is 1300. The van der Waals surface area contributed by atoms with Crippen LogP contribution in [-0.2, 0) is 6.42 Å². The normalized spacial score (nSPS) is 14.9. The number of benzene rings is 3. The molecular formula is C28H26N4O. The molecule has 0 spiro atoms. The molecule has 0 radical (unpaired) electrons. The predicted octanol–water partition coefficient (Wildman–Crippen LogP) is 6.00. The second-order valence-electron chi connectivity index (χ2n) is 8.48. The van der Waals surface area contributed by atoms with E-state index >= 15 is 0 Å². The smallest absolute Gasteiger partial charge is 0.251 e. The van der Waals surface area contributed by atoms with Crippen LogP contribution in [0, 0.1) is 6.92 Å². The van der Waals surface area contributed by atoms with Crippen molar-refractivity contribution in [1.82, 2.24) is 15.3 Å². The topological polar surface area (TPSA) is 66.9 Å². The lowest BCUT2D eigenvalue weighted by molar-refractivity contribution is 0.0933. The first kappa shape index (κ1) is 20.9. The van der Waals surface area contributed by atoms with Crippen molar-refractivity contribution >= 4 is 17.4 Å². The van der Waals surface area contributed by atoms with Crippen LogP contribution in [0.4, 0.5) is 11.5 Å². The quantitative estimate of drug-likeness (QED) is 0.404. The van der Waals surface area contributed by atoms with Crippen LogP contribution in [0.15, 0.2) is 85.2 Å². The van der Waals surface area contributed by atoms with Gasteiger partial charge in [0.15, 0.2) is 0 Å². The maximum Gasteiger partial charge on any atom is 0.251 e. The molecule has 0 bridgehead atoms. The van der Waals surface area contributed by atoms with Crippen molar-refractivity contribution < 1.29 is 4.79 Å². The van der Waals surface area contributed by atoms with Gasteiger partial charge in [-0.05, 0) is 61.6 Å². The van der Waals surface area contributed by atoms with Gasteiger partial charge in [-0.15, -0.1) is 0 Å². The van der Waals surface area contributed by atoms with E-state index in [1.54, 1.807) is 6.33 Å². The number of anilines is 2. The highest BCUT2D eigenvalue weighted by Crippen LogP contribution is 2.30. The third kappa shape index (κ3) is 4.77. The Morgan fingerprint density at radius 2 is 1.82 bits per heavy atom. The third-order valence-corrected chi connectivity index (χ3v) is 6.05. The monoisotopic (exact) mass is 434 g/mol. The summed E-state index contributed by atoms with van der Waals surface area (Å²) in [6.07, 6.45) is 4.67. The first-order valence-electron chi connectivity index (χ1n) is 11.3. The van der Waals surface area contributed by atoms with Gasteiger partial charge in [-0.1, -0.05) is 54.1 Å². The standard InChI is InChI=1S/C28H26N4O/c1-19-7-4-10-21(15-19)26-17-27(30-18-29-26)31-23-12-5-11-22(16-23)28(33)32-25-14-6-9-20-8-2-3-13-24(20)25/h2-5,7-8,10-13,15-18,25H,6,9,14H2,1H3,(H,32,33)(H,29,30,31)/t25-/m0/s1. The minimum Gasteiger partial charge on any atom is -0.345 e. The van der Waals surface area contributed by atoms with Gasteiger partial charge >= 0.3 is 0 Å². The van der Waals surface area contributed by atoms with E-state index in [1.165, 1.54) is 16.7 Å². The van der Waals surface area contributed by atoms with Crippen LogP contribution in [-0.4, -0.2) is 15.9 Å². The van der Waals surface area contributed by atoms with Gasteiger partial charge in [0.1, 0.15) is 12.1 Å². The molecule has 5 rings (SSSR count). The number of hydrogen-bond donors (Lipinski definition) is 2. The molecule has 1 heterocycles. The van der Waals surface area contributed by atoms with E-state index in [-0.39, 0.29) is 11.9 Å². The Kier molecular flexibility index (Phi) is 5.85. The summed E-state index contributed by atoms with van der Waals surface area (Å²) < 4.78 is 0. The van der Waals surface area contributed by atoms with E-state index in [0.29, 0.717) is 11.4 Å². The Labute approximate surface area is 193 Å². The zero-order valence-corrected chi connectivity index (χ0v) is 18.6. The molecule has 2 N–H and O–H groups in total. The molecule has 0 fully saturated rings. The number of nitrogens with zero attached hydrogens (tertiary/aromatic N) is 2. The number of nitrogens with one attached hydrogen (secondary N) is 2. The number of carbonyl (C=O) groups excluding carboxylic acids is 1. The molecule has 0 saturated carbocycles. The van der Waals surface area contributed by atoms with E-state index in [2.05, 4.69) is 57.9 Å². The minimum atomic E-state index is -0.0662. The summed E-state index contributed by atoms with van der Waals surface area (Å²) in [5.41, 5.74) is 7.06. The maximum atomic E-state index is 13.0. The van der Waals surface area contributed by atoms with Crippen LogP contribution in [0.2, 0.25) is 0 Å². The van der Waals surface area contributed by atoms with Gasteiger partial charge in [0.2, 0.25) is 0 Å². The van der Waals surface area contributed by atoms with Gasteiger partial charge in [-0.3, -0.25) is 4.79 Å². The fraction of sp³-hybridized carbons (Fsp3) is 0.179. The predicted molar refractivity (Wildman–Crippen MR) is 132 cm³/mol. The molecule has 4 aromatic rings. The van der Waals surface area contributed by atoms with Crippen molar-refractivity contribution in [2.45, 2.75) is 32.2 Å². The minimum absolute atomic E-state index is 0.0535. The second-order valence-corrected chi connectivity index (χ2v) is 8.48. The number of hydrogen-bond acceptors (Lipinski definition) is 4. The van der Waals surface area contributed by atoms with E-state index in [1.807, 2.05) is 48.5 Å². The molecule has 0 saturated heterocycles. The summed E-state index contributed by atoms with van der Waals surface area (Å²) in [4.78, 5) is 21.8. The molecule has 5 nitrogen and oxygen atoms in total. The van der Waals surface area contributed by atoms with Crippen molar-refractivity contribution in [3.05, 3.63) is 107 Å². The van der Waals surface area contributed by atoms with Gasteiger partial charge in [0.05, 0.1) is 11.7 Å². The lowest BCUT2D eigenvalue weighted by atomic mass is 9.87. The first-order chi connectivity index (χ1) is 16.2. The molecule has 0 aliphatic heterocycles. The number of rotatable bonds is 5.